The smallest absolute Gasteiger partial charge is 0.335 e. The van der Waals surface area contributed by atoms with Gasteiger partial charge in [-0.15, -0.1) is 0 Å². The quantitative estimate of drug-likeness (QED) is 0.475. The van der Waals surface area contributed by atoms with Gasteiger partial charge in [-0.1, -0.05) is 41.4 Å². The Morgan fingerprint density at radius 2 is 1.97 bits per heavy atom. The molecule has 0 unspecified atom stereocenters. The third kappa shape index (κ3) is 4.96. The Bertz CT molecular complexity index is 1160. The van der Waals surface area contributed by atoms with Crippen LogP contribution in [0, 0.1) is 0 Å². The number of aromatic nitrogens is 1. The zero-order chi connectivity index (χ0) is 22.7. The summed E-state index contributed by atoms with van der Waals surface area (Å²) >= 11 is 12.6. The summed E-state index contributed by atoms with van der Waals surface area (Å²) in [5.74, 6) is -0.471. The Labute approximate surface area is 196 Å². The zero-order valence-electron chi connectivity index (χ0n) is 17.2. The first-order chi connectivity index (χ1) is 15.4. The summed E-state index contributed by atoms with van der Waals surface area (Å²) in [6.07, 6.45) is 4.87. The minimum Gasteiger partial charge on any atom is -0.489 e. The molecule has 0 aliphatic heterocycles. The van der Waals surface area contributed by atoms with Gasteiger partial charge in [0.25, 0.3) is 0 Å². The van der Waals surface area contributed by atoms with Crippen LogP contribution in [-0.2, 0) is 0 Å². The molecule has 32 heavy (non-hydrogen) atoms. The highest BCUT2D eigenvalue weighted by Gasteiger charge is 2.31. The lowest BCUT2D eigenvalue weighted by atomic mass is 9.75. The summed E-state index contributed by atoms with van der Waals surface area (Å²) in [6, 6.07) is 15.7. The number of carboxylic acid groups (broad SMARTS) is 1. The number of nitrogens with zero attached hydrogens (tertiary/aromatic N) is 1. The molecule has 3 N–H and O–H groups in total. The van der Waals surface area contributed by atoms with Crippen molar-refractivity contribution >= 4 is 34.7 Å². The number of hydrogen-bond acceptors (Lipinski definition) is 4. The van der Waals surface area contributed by atoms with Crippen LogP contribution in [0.4, 0.5) is 0 Å². The van der Waals surface area contributed by atoms with Crippen LogP contribution >= 0.6 is 23.2 Å². The molecular formula is C25H22Cl2N2O3. The van der Waals surface area contributed by atoms with Gasteiger partial charge in [0.2, 0.25) is 0 Å². The average molecular weight is 469 g/mol. The lowest BCUT2D eigenvalue weighted by Gasteiger charge is -2.33. The molecule has 0 radical (unpaired) electrons. The molecule has 1 heterocycles. The number of rotatable bonds is 6. The number of carbonyl (C=O) groups is 1. The monoisotopic (exact) mass is 468 g/mol. The molecule has 0 bridgehead atoms. The van der Waals surface area contributed by atoms with Gasteiger partial charge in [-0.3, -0.25) is 4.98 Å². The number of aromatic carboxylic acids is 1. The normalized spacial score (nSPS) is 18.5. The van der Waals surface area contributed by atoms with Crippen molar-refractivity contribution in [3.63, 3.8) is 0 Å². The molecular weight excluding hydrogens is 447 g/mol. The number of hydrogen-bond donors (Lipinski definition) is 2. The number of ether oxygens (including phenoxy) is 1. The summed E-state index contributed by atoms with van der Waals surface area (Å²) in [5, 5.41) is 10.4. The number of halogens is 2. The van der Waals surface area contributed by atoms with Gasteiger partial charge in [0.05, 0.1) is 5.56 Å². The molecule has 1 aromatic heterocycles. The molecule has 5 nitrogen and oxygen atoms in total. The highest BCUT2D eigenvalue weighted by molar-refractivity contribution is 6.35. The summed E-state index contributed by atoms with van der Waals surface area (Å²) < 4.78 is 5.98. The Morgan fingerprint density at radius 3 is 2.69 bits per heavy atom. The van der Waals surface area contributed by atoms with E-state index in [1.165, 1.54) is 12.1 Å². The van der Waals surface area contributed by atoms with E-state index in [0.29, 0.717) is 35.2 Å². The van der Waals surface area contributed by atoms with Crippen LogP contribution in [0.15, 0.2) is 72.6 Å². The SMILES string of the molecule is N[C@H]1CC(COc2cccc(C(=O)O)c2)=C(c2cccnc2)C[C@@H]1c1ccc(Cl)cc1Cl. The molecule has 2 aromatic carbocycles. The van der Waals surface area contributed by atoms with Gasteiger partial charge in [0.1, 0.15) is 12.4 Å². The van der Waals surface area contributed by atoms with E-state index in [-0.39, 0.29) is 17.5 Å². The molecule has 164 valence electrons. The third-order valence-electron chi connectivity index (χ3n) is 5.72. The van der Waals surface area contributed by atoms with E-state index in [0.717, 1.165) is 22.3 Å². The van der Waals surface area contributed by atoms with Crippen LogP contribution in [0.25, 0.3) is 5.57 Å². The maximum absolute atomic E-state index is 11.3. The highest BCUT2D eigenvalue weighted by atomic mass is 35.5. The van der Waals surface area contributed by atoms with Crippen molar-refractivity contribution in [2.24, 2.45) is 5.73 Å². The summed E-state index contributed by atoms with van der Waals surface area (Å²) in [7, 11) is 0. The first-order valence-corrected chi connectivity index (χ1v) is 11.0. The second-order valence-corrected chi connectivity index (χ2v) is 8.63. The van der Waals surface area contributed by atoms with Crippen molar-refractivity contribution < 1.29 is 14.6 Å². The van der Waals surface area contributed by atoms with Crippen molar-refractivity contribution in [2.75, 3.05) is 6.61 Å². The fourth-order valence-corrected chi connectivity index (χ4v) is 4.66. The Hall–Kier alpha value is -2.86. The minimum absolute atomic E-state index is 0.0223. The van der Waals surface area contributed by atoms with Crippen LogP contribution in [0.5, 0.6) is 5.75 Å². The molecule has 2 atom stereocenters. The van der Waals surface area contributed by atoms with Gasteiger partial charge >= 0.3 is 5.97 Å². The van der Waals surface area contributed by atoms with E-state index in [4.69, 9.17) is 33.7 Å². The fraction of sp³-hybridized carbons (Fsp3) is 0.200. The fourth-order valence-electron chi connectivity index (χ4n) is 4.11. The summed E-state index contributed by atoms with van der Waals surface area (Å²) in [6.45, 7) is 0.308. The highest BCUT2D eigenvalue weighted by Crippen LogP contribution is 2.42. The topological polar surface area (TPSA) is 85.4 Å². The number of carboxylic acids is 1. The predicted octanol–water partition coefficient (Wildman–Crippen LogP) is 5.82. The van der Waals surface area contributed by atoms with Crippen molar-refractivity contribution in [3.05, 3.63) is 99.3 Å². The number of pyridine rings is 1. The lowest BCUT2D eigenvalue weighted by Crippen LogP contribution is -2.34. The maximum atomic E-state index is 11.3. The first-order valence-electron chi connectivity index (χ1n) is 10.2. The van der Waals surface area contributed by atoms with Gasteiger partial charge in [0, 0.05) is 34.4 Å². The number of allylic oxidation sites excluding steroid dienone is 1. The van der Waals surface area contributed by atoms with Crippen molar-refractivity contribution in [1.82, 2.24) is 4.98 Å². The van der Waals surface area contributed by atoms with Crippen LogP contribution in [0.1, 0.15) is 40.2 Å². The second kappa shape index (κ2) is 9.74. The Balaban J connectivity index is 1.65. The standard InChI is InChI=1S/C25H22Cl2N2O3/c26-18-6-7-20(23(27)11-18)22-12-21(16-4-2-8-29-13-16)17(10-24(22)28)14-32-19-5-1-3-15(9-19)25(30)31/h1-9,11,13,22,24H,10,12,14,28H2,(H,30,31)/t22-,24+/m1/s1. The van der Waals surface area contributed by atoms with E-state index in [1.807, 2.05) is 30.5 Å². The molecule has 3 aromatic rings. The first kappa shape index (κ1) is 22.3. The molecule has 1 aliphatic rings. The van der Waals surface area contributed by atoms with Crippen LogP contribution in [0.2, 0.25) is 10.0 Å². The molecule has 1 aliphatic carbocycles. The third-order valence-corrected chi connectivity index (χ3v) is 6.28. The number of nitrogens with two attached hydrogens (primary N) is 1. The Morgan fingerprint density at radius 1 is 1.12 bits per heavy atom. The largest absolute Gasteiger partial charge is 0.489 e. The van der Waals surface area contributed by atoms with Crippen molar-refractivity contribution in [1.29, 1.82) is 0 Å². The molecule has 7 heteroatoms. The van der Waals surface area contributed by atoms with E-state index in [1.54, 1.807) is 24.4 Å². The average Bonchev–Trinajstić information content (AvgIpc) is 2.79. The molecule has 4 rings (SSSR count). The van der Waals surface area contributed by atoms with Crippen molar-refractivity contribution in [2.45, 2.75) is 24.8 Å². The second-order valence-electron chi connectivity index (χ2n) is 7.79. The van der Waals surface area contributed by atoms with Crippen LogP contribution in [-0.4, -0.2) is 28.7 Å². The molecule has 0 saturated carbocycles. The van der Waals surface area contributed by atoms with E-state index >= 15 is 0 Å². The van der Waals surface area contributed by atoms with Crippen molar-refractivity contribution in [3.8, 4) is 5.75 Å². The Kier molecular flexibility index (Phi) is 6.80. The molecule has 0 amide bonds. The van der Waals surface area contributed by atoms with E-state index in [2.05, 4.69) is 4.98 Å². The predicted molar refractivity (Wildman–Crippen MR) is 126 cm³/mol. The van der Waals surface area contributed by atoms with Gasteiger partial charge in [-0.05, 0) is 71.5 Å². The van der Waals surface area contributed by atoms with Crippen LogP contribution in [0.3, 0.4) is 0 Å². The van der Waals surface area contributed by atoms with Gasteiger partial charge in [-0.25, -0.2) is 4.79 Å². The lowest BCUT2D eigenvalue weighted by molar-refractivity contribution is 0.0696. The van der Waals surface area contributed by atoms with Gasteiger partial charge in [0.15, 0.2) is 0 Å². The van der Waals surface area contributed by atoms with Gasteiger partial charge < -0.3 is 15.6 Å². The molecule has 0 fully saturated rings. The minimum atomic E-state index is -0.993. The van der Waals surface area contributed by atoms with Gasteiger partial charge in [-0.2, -0.15) is 0 Å². The number of benzene rings is 2. The molecule has 0 saturated heterocycles. The van der Waals surface area contributed by atoms with E-state index < -0.39 is 5.97 Å². The summed E-state index contributed by atoms with van der Waals surface area (Å²) in [5.41, 5.74) is 10.9. The summed E-state index contributed by atoms with van der Waals surface area (Å²) in [4.78, 5) is 15.5. The maximum Gasteiger partial charge on any atom is 0.335 e. The zero-order valence-corrected chi connectivity index (χ0v) is 18.7. The van der Waals surface area contributed by atoms with Crippen LogP contribution < -0.4 is 10.5 Å². The van der Waals surface area contributed by atoms with E-state index in [9.17, 15) is 9.90 Å². The molecule has 0 spiro atoms.